The van der Waals surface area contributed by atoms with Crippen LogP contribution >= 0.6 is 12.2 Å². The van der Waals surface area contributed by atoms with Gasteiger partial charge in [0.25, 0.3) is 0 Å². The van der Waals surface area contributed by atoms with Crippen LogP contribution in [0.4, 0.5) is 0 Å². The molecule has 0 aliphatic carbocycles. The highest BCUT2D eigenvalue weighted by Crippen LogP contribution is 2.27. The lowest BCUT2D eigenvalue weighted by molar-refractivity contribution is 0.0696. The summed E-state index contributed by atoms with van der Waals surface area (Å²) >= 11 is 5.18. The number of furan rings is 1. The highest BCUT2D eigenvalue weighted by Gasteiger charge is 2.13. The number of nitrogens with one attached hydrogen (secondary N) is 2. The summed E-state index contributed by atoms with van der Waals surface area (Å²) in [5, 5.41) is 16.8. The number of hydrogen-bond donors (Lipinski definition) is 3. The van der Waals surface area contributed by atoms with Crippen LogP contribution in [0.1, 0.15) is 27.2 Å². The number of aromatic carboxylic acids is 1. The lowest BCUT2D eigenvalue weighted by Gasteiger charge is -2.06. The number of carboxylic acids is 1. The third kappa shape index (κ3) is 4.83. The Hall–Kier alpha value is -3.45. The van der Waals surface area contributed by atoms with Crippen molar-refractivity contribution in [3.8, 4) is 11.3 Å². The molecule has 0 fully saturated rings. The molecule has 2 aromatic carbocycles. The summed E-state index contributed by atoms with van der Waals surface area (Å²) in [4.78, 5) is 11.3. The predicted molar refractivity (Wildman–Crippen MR) is 112 cm³/mol. The Morgan fingerprint density at radius 2 is 1.93 bits per heavy atom. The van der Waals surface area contributed by atoms with Crippen LogP contribution < -0.4 is 10.7 Å². The summed E-state index contributed by atoms with van der Waals surface area (Å²) in [5.74, 6) is 0.133. The number of carboxylic acid groups (broad SMARTS) is 1. The Morgan fingerprint density at radius 3 is 2.68 bits per heavy atom. The van der Waals surface area contributed by atoms with E-state index in [1.54, 1.807) is 31.2 Å². The SMILES string of the molecule is Cc1c(C(=O)O)cccc1-c1ccc(C=NNC(=S)NCc2ccccc2)o1. The van der Waals surface area contributed by atoms with Crippen LogP contribution in [0.25, 0.3) is 11.3 Å². The Labute approximate surface area is 167 Å². The highest BCUT2D eigenvalue weighted by molar-refractivity contribution is 7.80. The van der Waals surface area contributed by atoms with Gasteiger partial charge in [-0.15, -0.1) is 0 Å². The monoisotopic (exact) mass is 393 g/mol. The number of hydrazone groups is 1. The van der Waals surface area contributed by atoms with Gasteiger partial charge >= 0.3 is 5.97 Å². The molecule has 0 atom stereocenters. The molecule has 6 nitrogen and oxygen atoms in total. The zero-order valence-corrected chi connectivity index (χ0v) is 16.0. The largest absolute Gasteiger partial charge is 0.478 e. The second kappa shape index (κ2) is 8.96. The quantitative estimate of drug-likeness (QED) is 0.334. The third-order valence-electron chi connectivity index (χ3n) is 4.11. The first-order valence-corrected chi connectivity index (χ1v) is 8.99. The summed E-state index contributed by atoms with van der Waals surface area (Å²) in [5.41, 5.74) is 5.48. The minimum Gasteiger partial charge on any atom is -0.478 e. The molecular weight excluding hydrogens is 374 g/mol. The molecule has 0 spiro atoms. The molecule has 0 saturated heterocycles. The van der Waals surface area contributed by atoms with Gasteiger partial charge in [0.15, 0.2) is 5.11 Å². The maximum Gasteiger partial charge on any atom is 0.335 e. The molecule has 0 saturated carbocycles. The van der Waals surface area contributed by atoms with E-state index in [2.05, 4.69) is 15.8 Å². The normalized spacial score (nSPS) is 10.8. The predicted octanol–water partition coefficient (Wildman–Crippen LogP) is 3.95. The van der Waals surface area contributed by atoms with Crippen molar-refractivity contribution in [3.63, 3.8) is 0 Å². The van der Waals surface area contributed by atoms with Gasteiger partial charge in [-0.1, -0.05) is 42.5 Å². The van der Waals surface area contributed by atoms with Crippen LogP contribution in [-0.2, 0) is 6.54 Å². The van der Waals surface area contributed by atoms with Crippen LogP contribution in [0, 0.1) is 6.92 Å². The molecule has 0 unspecified atom stereocenters. The molecule has 0 radical (unpaired) electrons. The van der Waals surface area contributed by atoms with E-state index in [1.165, 1.54) is 6.21 Å². The summed E-state index contributed by atoms with van der Waals surface area (Å²) in [6, 6.07) is 18.5. The molecule has 1 heterocycles. The van der Waals surface area contributed by atoms with E-state index in [4.69, 9.17) is 16.6 Å². The van der Waals surface area contributed by atoms with E-state index in [0.717, 1.165) is 11.1 Å². The Morgan fingerprint density at radius 1 is 1.14 bits per heavy atom. The Balaban J connectivity index is 1.59. The average molecular weight is 393 g/mol. The smallest absolute Gasteiger partial charge is 0.335 e. The molecule has 1 aromatic heterocycles. The minimum atomic E-state index is -0.964. The van der Waals surface area contributed by atoms with Gasteiger partial charge in [0, 0.05) is 12.1 Å². The number of carbonyl (C=O) groups is 1. The molecule has 142 valence electrons. The first-order valence-electron chi connectivity index (χ1n) is 8.58. The van der Waals surface area contributed by atoms with Gasteiger partial charge in [-0.2, -0.15) is 5.10 Å². The third-order valence-corrected chi connectivity index (χ3v) is 4.35. The lowest BCUT2D eigenvalue weighted by Crippen LogP contribution is -2.31. The fraction of sp³-hybridized carbons (Fsp3) is 0.0952. The van der Waals surface area contributed by atoms with Gasteiger partial charge in [-0.05, 0) is 48.5 Å². The van der Waals surface area contributed by atoms with Gasteiger partial charge in [0.05, 0.1) is 11.8 Å². The van der Waals surface area contributed by atoms with E-state index in [1.807, 2.05) is 36.4 Å². The van der Waals surface area contributed by atoms with Crippen LogP contribution in [0.2, 0.25) is 0 Å². The number of benzene rings is 2. The summed E-state index contributed by atoms with van der Waals surface area (Å²) in [6.45, 7) is 2.36. The van der Waals surface area contributed by atoms with Crippen LogP contribution in [-0.4, -0.2) is 22.4 Å². The number of hydrogen-bond acceptors (Lipinski definition) is 4. The van der Waals surface area contributed by atoms with Crippen molar-refractivity contribution in [1.82, 2.24) is 10.7 Å². The van der Waals surface area contributed by atoms with E-state index < -0.39 is 5.97 Å². The molecule has 0 bridgehead atoms. The zero-order chi connectivity index (χ0) is 19.9. The first kappa shape index (κ1) is 19.3. The van der Waals surface area contributed by atoms with Gasteiger partial charge in [0.2, 0.25) is 0 Å². The van der Waals surface area contributed by atoms with E-state index in [-0.39, 0.29) is 5.56 Å². The summed E-state index contributed by atoms with van der Waals surface area (Å²) in [7, 11) is 0. The van der Waals surface area contributed by atoms with Crippen LogP contribution in [0.5, 0.6) is 0 Å². The second-order valence-electron chi connectivity index (χ2n) is 6.02. The second-order valence-corrected chi connectivity index (χ2v) is 6.43. The van der Waals surface area contributed by atoms with Crippen molar-refractivity contribution in [2.24, 2.45) is 5.10 Å². The van der Waals surface area contributed by atoms with Crippen molar-refractivity contribution in [1.29, 1.82) is 0 Å². The summed E-state index contributed by atoms with van der Waals surface area (Å²) in [6.07, 6.45) is 1.51. The lowest BCUT2D eigenvalue weighted by atomic mass is 10.0. The number of nitrogens with zero attached hydrogens (tertiary/aromatic N) is 1. The fourth-order valence-corrected chi connectivity index (χ4v) is 2.80. The minimum absolute atomic E-state index is 0.251. The molecule has 3 N–H and O–H groups in total. The molecule has 0 aliphatic rings. The molecule has 7 heteroatoms. The Kier molecular flexibility index (Phi) is 6.18. The molecule has 28 heavy (non-hydrogen) atoms. The van der Waals surface area contributed by atoms with E-state index in [0.29, 0.717) is 28.7 Å². The molecule has 0 amide bonds. The van der Waals surface area contributed by atoms with E-state index in [9.17, 15) is 9.90 Å². The van der Waals surface area contributed by atoms with Gasteiger partial charge < -0.3 is 14.8 Å². The molecular formula is C21H19N3O3S. The van der Waals surface area contributed by atoms with Crippen molar-refractivity contribution in [3.05, 3.63) is 83.1 Å². The van der Waals surface area contributed by atoms with Crippen molar-refractivity contribution in [2.45, 2.75) is 13.5 Å². The standard InChI is InChI=1S/C21H19N3O3S/c1-14-17(8-5-9-18(14)20(25)26)19-11-10-16(27-19)13-23-24-21(28)22-12-15-6-3-2-4-7-15/h2-11,13H,12H2,1H3,(H,25,26)(H2,22,24,28). The van der Waals surface area contributed by atoms with Crippen LogP contribution in [0.15, 0.2) is 70.2 Å². The molecule has 0 aliphatic heterocycles. The maximum atomic E-state index is 11.3. The maximum absolute atomic E-state index is 11.3. The van der Waals surface area contributed by atoms with Crippen LogP contribution in [0.3, 0.4) is 0 Å². The fourth-order valence-electron chi connectivity index (χ4n) is 2.67. The van der Waals surface area contributed by atoms with Gasteiger partial charge in [-0.3, -0.25) is 5.43 Å². The Bertz CT molecular complexity index is 1010. The van der Waals surface area contributed by atoms with Crippen molar-refractivity contribution >= 4 is 29.5 Å². The van der Waals surface area contributed by atoms with Crippen molar-refractivity contribution in [2.75, 3.05) is 0 Å². The topological polar surface area (TPSA) is 86.9 Å². The zero-order valence-electron chi connectivity index (χ0n) is 15.2. The summed E-state index contributed by atoms with van der Waals surface area (Å²) < 4.78 is 5.75. The number of thiocarbonyl (C=S) groups is 1. The van der Waals surface area contributed by atoms with Gasteiger partial charge in [-0.25, -0.2) is 4.79 Å². The average Bonchev–Trinajstić information content (AvgIpc) is 3.16. The van der Waals surface area contributed by atoms with Crippen molar-refractivity contribution < 1.29 is 14.3 Å². The molecule has 3 aromatic rings. The van der Waals surface area contributed by atoms with E-state index >= 15 is 0 Å². The van der Waals surface area contributed by atoms with Gasteiger partial charge in [0.1, 0.15) is 11.5 Å². The molecule has 3 rings (SSSR count). The first-order chi connectivity index (χ1) is 13.5. The number of rotatable bonds is 6. The highest BCUT2D eigenvalue weighted by atomic mass is 32.1.